The predicted molar refractivity (Wildman–Crippen MR) is 91.9 cm³/mol. The summed E-state index contributed by atoms with van der Waals surface area (Å²) in [7, 11) is 0. The summed E-state index contributed by atoms with van der Waals surface area (Å²) in [6.07, 6.45) is 0.937. The van der Waals surface area contributed by atoms with Crippen molar-refractivity contribution in [2.45, 2.75) is 46.7 Å². The van der Waals surface area contributed by atoms with Crippen LogP contribution in [0.15, 0.2) is 48.5 Å². The van der Waals surface area contributed by atoms with Crippen LogP contribution < -0.4 is 0 Å². The van der Waals surface area contributed by atoms with E-state index in [2.05, 4.69) is 58.0 Å². The number of rotatable bonds is 6. The smallest absolute Gasteiger partial charge is 0.0605 e. The van der Waals surface area contributed by atoms with Gasteiger partial charge in [0.15, 0.2) is 0 Å². The Labute approximate surface area is 134 Å². The molecule has 0 saturated heterocycles. The molecule has 2 aromatic carbocycles. The van der Waals surface area contributed by atoms with E-state index in [0.29, 0.717) is 12.5 Å². The maximum absolute atomic E-state index is 10.7. The first-order valence-electron chi connectivity index (χ1n) is 8.03. The van der Waals surface area contributed by atoms with E-state index >= 15 is 0 Å². The molecule has 2 nitrogen and oxygen atoms in total. The molecule has 1 N–H and O–H groups in total. The molecule has 0 aliphatic rings. The quantitative estimate of drug-likeness (QED) is 0.733. The fourth-order valence-electron chi connectivity index (χ4n) is 2.96. The molecular weight excluding hydrogens is 270 g/mol. The van der Waals surface area contributed by atoms with Crippen LogP contribution in [0, 0.1) is 19.8 Å². The summed E-state index contributed by atoms with van der Waals surface area (Å²) >= 11 is 0. The summed E-state index contributed by atoms with van der Waals surface area (Å²) in [4.78, 5) is 0. The van der Waals surface area contributed by atoms with Gasteiger partial charge in [0.2, 0.25) is 0 Å². The number of hydrogen-bond donors (Lipinski definition) is 1. The van der Waals surface area contributed by atoms with E-state index in [1.165, 1.54) is 21.8 Å². The van der Waals surface area contributed by atoms with E-state index in [1.54, 1.807) is 0 Å². The Kier molecular flexibility index (Phi) is 5.76. The Balaban J connectivity index is 2.24. The average Bonchev–Trinajstić information content (AvgIpc) is 2.44. The van der Waals surface area contributed by atoms with Gasteiger partial charge in [-0.25, -0.2) is 0 Å². The highest BCUT2D eigenvalue weighted by molar-refractivity contribution is 5.30. The normalized spacial score (nSPS) is 12.9. The molecule has 22 heavy (non-hydrogen) atoms. The molecule has 0 aromatic heterocycles. The molecule has 0 fully saturated rings. The van der Waals surface area contributed by atoms with Crippen LogP contribution in [0.5, 0.6) is 0 Å². The Hall–Kier alpha value is -1.64. The lowest BCUT2D eigenvalue weighted by Gasteiger charge is -2.28. The molecule has 2 heteroatoms. The molecule has 1 unspecified atom stereocenters. The average molecular weight is 297 g/mol. The zero-order chi connectivity index (χ0) is 16.1. The van der Waals surface area contributed by atoms with Crippen LogP contribution in [-0.2, 0) is 6.54 Å². The summed E-state index contributed by atoms with van der Waals surface area (Å²) in [5, 5.41) is 12.2. The first-order chi connectivity index (χ1) is 10.5. The molecule has 0 spiro atoms. The van der Waals surface area contributed by atoms with Gasteiger partial charge >= 0.3 is 0 Å². The first-order valence-corrected chi connectivity index (χ1v) is 8.03. The second-order valence-electron chi connectivity index (χ2n) is 6.65. The zero-order valence-electron chi connectivity index (χ0n) is 14.1. The largest absolute Gasteiger partial charge is 0.313 e. The molecule has 118 valence electrons. The molecule has 0 heterocycles. The zero-order valence-corrected chi connectivity index (χ0v) is 14.1. The van der Waals surface area contributed by atoms with Crippen molar-refractivity contribution in [3.63, 3.8) is 0 Å². The van der Waals surface area contributed by atoms with E-state index in [0.717, 1.165) is 12.0 Å². The van der Waals surface area contributed by atoms with E-state index in [4.69, 9.17) is 0 Å². The number of hydrogen-bond acceptors (Lipinski definition) is 2. The predicted octanol–water partition coefficient (Wildman–Crippen LogP) is 5.28. The summed E-state index contributed by atoms with van der Waals surface area (Å²) in [6, 6.07) is 16.7. The maximum Gasteiger partial charge on any atom is 0.0605 e. The molecule has 2 rings (SSSR count). The molecule has 0 saturated carbocycles. The molecule has 0 aliphatic carbocycles. The van der Waals surface area contributed by atoms with Crippen molar-refractivity contribution >= 4 is 0 Å². The second-order valence-corrected chi connectivity index (χ2v) is 6.65. The van der Waals surface area contributed by atoms with Crippen molar-refractivity contribution in [3.05, 3.63) is 70.8 Å². The minimum atomic E-state index is 0.0267. The van der Waals surface area contributed by atoms with Crippen molar-refractivity contribution in [1.82, 2.24) is 5.06 Å². The Bertz CT molecular complexity index is 572. The van der Waals surface area contributed by atoms with Crippen LogP contribution in [0.4, 0.5) is 0 Å². The van der Waals surface area contributed by atoms with E-state index < -0.39 is 0 Å². The SMILES string of the molecule is Cc1cc(C)cc(C(CC(C)C)N(O)Cc2ccccc2)c1. The minimum absolute atomic E-state index is 0.0267. The standard InChI is InChI=1S/C20H27NO/c1-15(2)10-20(19-12-16(3)11-17(4)13-19)21(22)14-18-8-6-5-7-9-18/h5-9,11-13,15,20,22H,10,14H2,1-4H3. The highest BCUT2D eigenvalue weighted by atomic mass is 16.5. The fraction of sp³-hybridized carbons (Fsp3) is 0.400. The maximum atomic E-state index is 10.7. The Morgan fingerprint density at radius 3 is 2.09 bits per heavy atom. The van der Waals surface area contributed by atoms with E-state index in [-0.39, 0.29) is 6.04 Å². The molecule has 0 aliphatic heterocycles. The van der Waals surface area contributed by atoms with Crippen molar-refractivity contribution in [2.75, 3.05) is 0 Å². The summed E-state index contributed by atoms with van der Waals surface area (Å²) in [5.41, 5.74) is 4.82. The van der Waals surface area contributed by atoms with Crippen LogP contribution >= 0.6 is 0 Å². The molecule has 0 amide bonds. The van der Waals surface area contributed by atoms with Gasteiger partial charge in [-0.15, -0.1) is 0 Å². The molecular formula is C20H27NO. The highest BCUT2D eigenvalue weighted by Crippen LogP contribution is 2.29. The number of nitrogens with zero attached hydrogens (tertiary/aromatic N) is 1. The third-order valence-corrected chi connectivity index (χ3v) is 3.87. The van der Waals surface area contributed by atoms with Gasteiger partial charge in [-0.05, 0) is 37.3 Å². The summed E-state index contributed by atoms with van der Waals surface area (Å²) in [6.45, 7) is 9.17. The van der Waals surface area contributed by atoms with Crippen LogP contribution in [-0.4, -0.2) is 10.3 Å². The number of aryl methyl sites for hydroxylation is 2. The highest BCUT2D eigenvalue weighted by Gasteiger charge is 2.21. The second kappa shape index (κ2) is 7.57. The van der Waals surface area contributed by atoms with Crippen molar-refractivity contribution in [3.8, 4) is 0 Å². The topological polar surface area (TPSA) is 23.5 Å². The lowest BCUT2D eigenvalue weighted by atomic mass is 9.94. The Morgan fingerprint density at radius 2 is 1.55 bits per heavy atom. The number of hydroxylamine groups is 2. The fourth-order valence-corrected chi connectivity index (χ4v) is 2.96. The summed E-state index contributed by atoms with van der Waals surface area (Å²) in [5.74, 6) is 0.524. The molecule has 0 radical (unpaired) electrons. The van der Waals surface area contributed by atoms with Crippen LogP contribution in [0.25, 0.3) is 0 Å². The molecule has 0 bridgehead atoms. The Morgan fingerprint density at radius 1 is 0.955 bits per heavy atom. The van der Waals surface area contributed by atoms with Gasteiger partial charge in [0, 0.05) is 6.54 Å². The third-order valence-electron chi connectivity index (χ3n) is 3.87. The molecule has 1 atom stereocenters. The third kappa shape index (κ3) is 4.69. The van der Waals surface area contributed by atoms with Crippen molar-refractivity contribution < 1.29 is 5.21 Å². The van der Waals surface area contributed by atoms with Gasteiger partial charge in [0.25, 0.3) is 0 Å². The van der Waals surface area contributed by atoms with Gasteiger partial charge in [0.05, 0.1) is 6.04 Å². The summed E-state index contributed by atoms with van der Waals surface area (Å²) < 4.78 is 0. The molecule has 2 aromatic rings. The van der Waals surface area contributed by atoms with Gasteiger partial charge < -0.3 is 5.21 Å². The van der Waals surface area contributed by atoms with Gasteiger partial charge in [0.1, 0.15) is 0 Å². The van der Waals surface area contributed by atoms with Crippen LogP contribution in [0.2, 0.25) is 0 Å². The van der Waals surface area contributed by atoms with Gasteiger partial charge in [-0.3, -0.25) is 0 Å². The number of benzene rings is 2. The first kappa shape index (κ1) is 16.7. The van der Waals surface area contributed by atoms with E-state index in [1.807, 2.05) is 18.2 Å². The lowest BCUT2D eigenvalue weighted by molar-refractivity contribution is -0.142. The van der Waals surface area contributed by atoms with E-state index in [9.17, 15) is 5.21 Å². The lowest BCUT2D eigenvalue weighted by Crippen LogP contribution is -2.26. The van der Waals surface area contributed by atoms with Crippen LogP contribution in [0.3, 0.4) is 0 Å². The van der Waals surface area contributed by atoms with Crippen molar-refractivity contribution in [1.29, 1.82) is 0 Å². The van der Waals surface area contributed by atoms with Gasteiger partial charge in [-0.1, -0.05) is 73.5 Å². The minimum Gasteiger partial charge on any atom is -0.313 e. The van der Waals surface area contributed by atoms with Crippen LogP contribution in [0.1, 0.15) is 48.6 Å². The van der Waals surface area contributed by atoms with Crippen molar-refractivity contribution in [2.24, 2.45) is 5.92 Å². The van der Waals surface area contributed by atoms with Gasteiger partial charge in [-0.2, -0.15) is 5.06 Å². The monoisotopic (exact) mass is 297 g/mol.